The van der Waals surface area contributed by atoms with E-state index in [0.29, 0.717) is 10.9 Å². The maximum Gasteiger partial charge on any atom is 0.419 e. The lowest BCUT2D eigenvalue weighted by Crippen LogP contribution is -2.28. The van der Waals surface area contributed by atoms with Gasteiger partial charge in [0.15, 0.2) is 6.20 Å². The maximum absolute atomic E-state index is 14.2. The van der Waals surface area contributed by atoms with Crippen LogP contribution in [0.1, 0.15) is 11.1 Å². The molecule has 5 heteroatoms. The minimum atomic E-state index is -4.45. The number of fused-ring (bicyclic) bond motifs is 8. The van der Waals surface area contributed by atoms with Crippen molar-refractivity contribution in [2.75, 3.05) is 0 Å². The van der Waals surface area contributed by atoms with Crippen molar-refractivity contribution in [1.82, 2.24) is 4.40 Å². The number of hydrogen-bond donors (Lipinski definition) is 0. The van der Waals surface area contributed by atoms with Crippen molar-refractivity contribution in [2.45, 2.75) is 13.1 Å². The van der Waals surface area contributed by atoms with E-state index in [1.54, 1.807) is 40.8 Å². The molecule has 2 aromatic carbocycles. The van der Waals surface area contributed by atoms with Crippen LogP contribution in [0.4, 0.5) is 13.2 Å². The first kappa shape index (κ1) is 16.1. The minimum absolute atomic E-state index is 0.216. The monoisotopic (exact) mass is 365 g/mol. The molecule has 0 aliphatic heterocycles. The Morgan fingerprint density at radius 3 is 2.33 bits per heavy atom. The van der Waals surface area contributed by atoms with Crippen LogP contribution in [0.15, 0.2) is 60.8 Å². The first-order valence-corrected chi connectivity index (χ1v) is 8.69. The predicted octanol–water partition coefficient (Wildman–Crippen LogP) is 5.55. The van der Waals surface area contributed by atoms with Gasteiger partial charge in [0.05, 0.1) is 32.9 Å². The van der Waals surface area contributed by atoms with E-state index >= 15 is 0 Å². The molecule has 0 saturated carbocycles. The van der Waals surface area contributed by atoms with Crippen LogP contribution in [0.25, 0.3) is 38.2 Å². The van der Waals surface area contributed by atoms with E-state index in [4.69, 9.17) is 0 Å². The minimum Gasteiger partial charge on any atom is -0.308 e. The van der Waals surface area contributed by atoms with E-state index < -0.39 is 11.7 Å². The zero-order valence-electron chi connectivity index (χ0n) is 14.8. The van der Waals surface area contributed by atoms with Crippen LogP contribution in [0.5, 0.6) is 0 Å². The highest BCUT2D eigenvalue weighted by atomic mass is 19.4. The molecular weight excluding hydrogens is 349 g/mol. The van der Waals surface area contributed by atoms with Gasteiger partial charge in [-0.1, -0.05) is 30.3 Å². The highest BCUT2D eigenvalue weighted by Crippen LogP contribution is 2.44. The Hall–Kier alpha value is -3.08. The van der Waals surface area contributed by atoms with Crippen molar-refractivity contribution in [3.63, 3.8) is 0 Å². The first-order chi connectivity index (χ1) is 12.9. The van der Waals surface area contributed by atoms with Gasteiger partial charge in [-0.05, 0) is 30.7 Å². The number of rotatable bonds is 0. The summed E-state index contributed by atoms with van der Waals surface area (Å²) in [7, 11) is 1.88. The molecule has 0 unspecified atom stereocenters. The molecule has 5 aromatic rings. The van der Waals surface area contributed by atoms with E-state index in [1.165, 1.54) is 0 Å². The number of alkyl halides is 3. The van der Waals surface area contributed by atoms with Gasteiger partial charge in [0.1, 0.15) is 7.05 Å². The van der Waals surface area contributed by atoms with Crippen LogP contribution in [0.3, 0.4) is 0 Å². The van der Waals surface area contributed by atoms with Gasteiger partial charge in [-0.2, -0.15) is 13.2 Å². The smallest absolute Gasteiger partial charge is 0.308 e. The molecular formula is C22H16F3N2+. The highest BCUT2D eigenvalue weighted by molar-refractivity contribution is 6.15. The van der Waals surface area contributed by atoms with E-state index in [-0.39, 0.29) is 10.9 Å². The first-order valence-electron chi connectivity index (χ1n) is 8.69. The molecule has 3 aromatic heterocycles. The standard InChI is InChI=1S/C22H16F3N2/c1-13-7-5-11-17-18(13)20-15(9-6-12-26(20)2)21-19(22(23,24)25)14-8-3-4-10-16(14)27(17)21/h3-12H,1-2H3/q+1. The molecule has 27 heavy (non-hydrogen) atoms. The normalized spacial score (nSPS) is 12.6. The molecule has 0 aliphatic rings. The average Bonchev–Trinajstić information content (AvgIpc) is 2.98. The second-order valence-corrected chi connectivity index (χ2v) is 6.92. The lowest BCUT2D eigenvalue weighted by atomic mass is 10.0. The van der Waals surface area contributed by atoms with Crippen LogP contribution in [0, 0.1) is 6.92 Å². The van der Waals surface area contributed by atoms with Crippen molar-refractivity contribution < 1.29 is 17.7 Å². The fourth-order valence-corrected chi connectivity index (χ4v) is 4.29. The molecule has 0 fully saturated rings. The number of nitrogens with zero attached hydrogens (tertiary/aromatic N) is 2. The van der Waals surface area contributed by atoms with Crippen LogP contribution in [-0.4, -0.2) is 4.40 Å². The Balaban J connectivity index is 2.28. The number of aryl methyl sites for hydroxylation is 2. The van der Waals surface area contributed by atoms with Gasteiger partial charge in [0, 0.05) is 11.5 Å². The topological polar surface area (TPSA) is 8.29 Å². The largest absolute Gasteiger partial charge is 0.419 e. The van der Waals surface area contributed by atoms with Crippen molar-refractivity contribution in [1.29, 1.82) is 0 Å². The van der Waals surface area contributed by atoms with E-state index in [2.05, 4.69) is 0 Å². The van der Waals surface area contributed by atoms with Crippen LogP contribution < -0.4 is 4.57 Å². The number of benzene rings is 2. The summed E-state index contributed by atoms with van der Waals surface area (Å²) in [5.41, 5.74) is 2.85. The quantitative estimate of drug-likeness (QED) is 0.251. The van der Waals surface area contributed by atoms with Gasteiger partial charge < -0.3 is 4.40 Å². The molecule has 0 atom stereocenters. The van der Waals surface area contributed by atoms with Crippen molar-refractivity contribution in [3.8, 4) is 0 Å². The highest BCUT2D eigenvalue weighted by Gasteiger charge is 2.38. The molecule has 5 rings (SSSR count). The van der Waals surface area contributed by atoms with Crippen molar-refractivity contribution in [3.05, 3.63) is 71.9 Å². The third-order valence-electron chi connectivity index (χ3n) is 5.32. The second kappa shape index (κ2) is 5.22. The van der Waals surface area contributed by atoms with E-state index in [9.17, 15) is 13.2 Å². The number of halogens is 3. The van der Waals surface area contributed by atoms with Crippen molar-refractivity contribution >= 4 is 38.2 Å². The maximum atomic E-state index is 14.2. The molecule has 134 valence electrons. The van der Waals surface area contributed by atoms with Crippen LogP contribution in [0.2, 0.25) is 0 Å². The number of aromatic nitrogens is 2. The third-order valence-corrected chi connectivity index (χ3v) is 5.32. The number of pyridine rings is 2. The predicted molar refractivity (Wildman–Crippen MR) is 101 cm³/mol. The Kier molecular flexibility index (Phi) is 3.12. The van der Waals surface area contributed by atoms with Gasteiger partial charge in [-0.15, -0.1) is 0 Å². The fourth-order valence-electron chi connectivity index (χ4n) is 4.29. The molecule has 0 spiro atoms. The average molecular weight is 365 g/mol. The number of hydrogen-bond acceptors (Lipinski definition) is 0. The molecule has 0 aliphatic carbocycles. The SMILES string of the molecule is Cc1cccc2c1c1c(ccc[n+]1C)c1c(C(F)(F)F)c3ccccc3n21. The molecule has 0 N–H and O–H groups in total. The molecule has 3 heterocycles. The van der Waals surface area contributed by atoms with Gasteiger partial charge in [0.2, 0.25) is 5.52 Å². The second-order valence-electron chi connectivity index (χ2n) is 6.92. The van der Waals surface area contributed by atoms with Crippen LogP contribution in [-0.2, 0) is 13.2 Å². The van der Waals surface area contributed by atoms with Gasteiger partial charge in [0.25, 0.3) is 0 Å². The van der Waals surface area contributed by atoms with E-state index in [0.717, 1.165) is 22.0 Å². The summed E-state index contributed by atoms with van der Waals surface area (Å²) in [6.07, 6.45) is -2.58. The molecule has 0 radical (unpaired) electrons. The third kappa shape index (κ3) is 2.05. The number of para-hydroxylation sites is 1. The summed E-state index contributed by atoms with van der Waals surface area (Å²) in [6, 6.07) is 16.1. The zero-order chi connectivity index (χ0) is 18.9. The fraction of sp³-hybridized carbons (Fsp3) is 0.136. The lowest BCUT2D eigenvalue weighted by molar-refractivity contribution is -0.644. The molecule has 0 amide bonds. The Morgan fingerprint density at radius 1 is 0.852 bits per heavy atom. The van der Waals surface area contributed by atoms with Gasteiger partial charge in [-0.25, -0.2) is 4.57 Å². The van der Waals surface area contributed by atoms with E-state index in [1.807, 2.05) is 42.9 Å². The molecule has 2 nitrogen and oxygen atoms in total. The lowest BCUT2D eigenvalue weighted by Gasteiger charge is -2.12. The molecule has 0 bridgehead atoms. The Bertz CT molecular complexity index is 1380. The summed E-state index contributed by atoms with van der Waals surface area (Å²) in [4.78, 5) is 0. The summed E-state index contributed by atoms with van der Waals surface area (Å²) < 4.78 is 46.2. The summed E-state index contributed by atoms with van der Waals surface area (Å²) in [5.74, 6) is 0. The summed E-state index contributed by atoms with van der Waals surface area (Å²) in [6.45, 7) is 2.00. The van der Waals surface area contributed by atoms with Crippen molar-refractivity contribution in [2.24, 2.45) is 7.05 Å². The summed E-state index contributed by atoms with van der Waals surface area (Å²) >= 11 is 0. The van der Waals surface area contributed by atoms with Crippen LogP contribution >= 0.6 is 0 Å². The summed E-state index contributed by atoms with van der Waals surface area (Å²) in [5, 5.41) is 1.80. The zero-order valence-corrected chi connectivity index (χ0v) is 14.8. The Labute approximate surface area is 153 Å². The Morgan fingerprint density at radius 2 is 1.56 bits per heavy atom. The van der Waals surface area contributed by atoms with Gasteiger partial charge in [-0.3, -0.25) is 0 Å². The molecule has 0 saturated heterocycles. The van der Waals surface area contributed by atoms with Gasteiger partial charge >= 0.3 is 6.18 Å².